The summed E-state index contributed by atoms with van der Waals surface area (Å²) < 4.78 is 12.2. The SMILES string of the molecule is O=C(C1CCC1)N1CC2(C[C@H](OCC3CCCC3)CCO2)C1. The molecule has 22 heavy (non-hydrogen) atoms. The highest BCUT2D eigenvalue weighted by molar-refractivity contribution is 5.80. The molecule has 0 unspecified atom stereocenters. The number of nitrogens with zero attached hydrogens (tertiary/aromatic N) is 1. The van der Waals surface area contributed by atoms with Gasteiger partial charge in [0, 0.05) is 25.6 Å². The fourth-order valence-corrected chi connectivity index (χ4v) is 4.51. The summed E-state index contributed by atoms with van der Waals surface area (Å²) in [5, 5.41) is 0. The van der Waals surface area contributed by atoms with Crippen molar-refractivity contribution in [1.82, 2.24) is 4.90 Å². The number of hydrogen-bond donors (Lipinski definition) is 0. The number of likely N-dealkylation sites (tertiary alicyclic amines) is 1. The molecule has 0 radical (unpaired) electrons. The van der Waals surface area contributed by atoms with Gasteiger partial charge in [0.25, 0.3) is 0 Å². The zero-order chi connectivity index (χ0) is 15.0. The first-order valence-corrected chi connectivity index (χ1v) is 9.28. The van der Waals surface area contributed by atoms with E-state index in [9.17, 15) is 4.79 Å². The Morgan fingerprint density at radius 2 is 1.86 bits per heavy atom. The van der Waals surface area contributed by atoms with E-state index in [1.54, 1.807) is 0 Å². The van der Waals surface area contributed by atoms with Crippen LogP contribution in [0.1, 0.15) is 57.8 Å². The molecule has 0 bridgehead atoms. The van der Waals surface area contributed by atoms with Crippen LogP contribution in [0.5, 0.6) is 0 Å². The molecule has 1 amide bonds. The lowest BCUT2D eigenvalue weighted by molar-refractivity contribution is -0.205. The molecule has 4 heteroatoms. The molecule has 0 aromatic rings. The predicted octanol–water partition coefficient (Wildman–Crippen LogP) is 2.75. The molecule has 4 nitrogen and oxygen atoms in total. The van der Waals surface area contributed by atoms with Gasteiger partial charge in [-0.25, -0.2) is 0 Å². The summed E-state index contributed by atoms with van der Waals surface area (Å²) in [6.07, 6.45) is 11.2. The Morgan fingerprint density at radius 1 is 1.09 bits per heavy atom. The quantitative estimate of drug-likeness (QED) is 0.801. The van der Waals surface area contributed by atoms with Gasteiger partial charge in [-0.2, -0.15) is 0 Å². The van der Waals surface area contributed by atoms with Gasteiger partial charge in [-0.05, 0) is 38.0 Å². The third-order valence-electron chi connectivity index (χ3n) is 6.21. The van der Waals surface area contributed by atoms with Crippen LogP contribution in [0.3, 0.4) is 0 Å². The lowest BCUT2D eigenvalue weighted by Gasteiger charge is -2.54. The Hall–Kier alpha value is -0.610. The third-order valence-corrected chi connectivity index (χ3v) is 6.21. The molecule has 2 saturated carbocycles. The zero-order valence-corrected chi connectivity index (χ0v) is 13.6. The monoisotopic (exact) mass is 307 g/mol. The largest absolute Gasteiger partial charge is 0.378 e. The minimum atomic E-state index is -0.0853. The van der Waals surface area contributed by atoms with Crippen LogP contribution >= 0.6 is 0 Å². The molecule has 2 saturated heterocycles. The van der Waals surface area contributed by atoms with Gasteiger partial charge in [-0.1, -0.05) is 19.3 Å². The van der Waals surface area contributed by atoms with Crippen LogP contribution in [-0.4, -0.2) is 48.8 Å². The van der Waals surface area contributed by atoms with Crippen LogP contribution in [0.2, 0.25) is 0 Å². The average molecular weight is 307 g/mol. The summed E-state index contributed by atoms with van der Waals surface area (Å²) in [6, 6.07) is 0. The van der Waals surface area contributed by atoms with Crippen LogP contribution in [0.25, 0.3) is 0 Å². The topological polar surface area (TPSA) is 38.8 Å². The van der Waals surface area contributed by atoms with Gasteiger partial charge in [0.1, 0.15) is 5.60 Å². The minimum Gasteiger partial charge on any atom is -0.378 e. The van der Waals surface area contributed by atoms with Crippen molar-refractivity contribution in [3.05, 3.63) is 0 Å². The molecule has 1 spiro atoms. The first kappa shape index (κ1) is 14.9. The lowest BCUT2D eigenvalue weighted by Crippen LogP contribution is -2.68. The van der Waals surface area contributed by atoms with Gasteiger partial charge < -0.3 is 14.4 Å². The van der Waals surface area contributed by atoms with Crippen LogP contribution in [0.15, 0.2) is 0 Å². The maximum Gasteiger partial charge on any atom is 0.225 e. The molecule has 2 aliphatic heterocycles. The number of ether oxygens (including phenoxy) is 2. The predicted molar refractivity (Wildman–Crippen MR) is 83.5 cm³/mol. The molecule has 0 N–H and O–H groups in total. The Morgan fingerprint density at radius 3 is 2.55 bits per heavy atom. The van der Waals surface area contributed by atoms with E-state index < -0.39 is 0 Å². The summed E-state index contributed by atoms with van der Waals surface area (Å²) in [5.74, 6) is 1.47. The van der Waals surface area contributed by atoms with Crippen LogP contribution in [-0.2, 0) is 14.3 Å². The van der Waals surface area contributed by atoms with Gasteiger partial charge in [0.15, 0.2) is 0 Å². The summed E-state index contributed by atoms with van der Waals surface area (Å²) in [7, 11) is 0. The van der Waals surface area contributed by atoms with E-state index in [1.807, 2.05) is 4.90 Å². The van der Waals surface area contributed by atoms with Crippen molar-refractivity contribution >= 4 is 5.91 Å². The average Bonchev–Trinajstić information content (AvgIpc) is 2.94. The summed E-state index contributed by atoms with van der Waals surface area (Å²) >= 11 is 0. The number of amides is 1. The highest BCUT2D eigenvalue weighted by Crippen LogP contribution is 2.38. The fourth-order valence-electron chi connectivity index (χ4n) is 4.51. The minimum absolute atomic E-state index is 0.0853. The number of carbonyl (C=O) groups is 1. The van der Waals surface area contributed by atoms with Crippen molar-refractivity contribution in [1.29, 1.82) is 0 Å². The van der Waals surface area contributed by atoms with Gasteiger partial charge >= 0.3 is 0 Å². The Labute approximate surface area is 133 Å². The van der Waals surface area contributed by atoms with E-state index >= 15 is 0 Å². The van der Waals surface area contributed by atoms with E-state index in [-0.39, 0.29) is 5.60 Å². The Balaban J connectivity index is 1.24. The normalized spacial score (nSPS) is 32.0. The third kappa shape index (κ3) is 2.92. The van der Waals surface area contributed by atoms with Crippen LogP contribution in [0.4, 0.5) is 0 Å². The van der Waals surface area contributed by atoms with Gasteiger partial charge in [-0.3, -0.25) is 4.79 Å². The second kappa shape index (κ2) is 6.12. The number of carbonyl (C=O) groups excluding carboxylic acids is 1. The second-order valence-electron chi connectivity index (χ2n) is 7.95. The summed E-state index contributed by atoms with van der Waals surface area (Å²) in [5.41, 5.74) is -0.0853. The first-order chi connectivity index (χ1) is 10.7. The molecule has 0 aromatic heterocycles. The molecule has 2 heterocycles. The van der Waals surface area contributed by atoms with Crippen molar-refractivity contribution in [2.24, 2.45) is 11.8 Å². The van der Waals surface area contributed by atoms with E-state index in [4.69, 9.17) is 9.47 Å². The van der Waals surface area contributed by atoms with Gasteiger partial charge in [0.05, 0.1) is 19.2 Å². The lowest BCUT2D eigenvalue weighted by atomic mass is 9.80. The molecule has 1 atom stereocenters. The maximum atomic E-state index is 12.3. The van der Waals surface area contributed by atoms with Crippen molar-refractivity contribution in [3.8, 4) is 0 Å². The smallest absolute Gasteiger partial charge is 0.225 e. The van der Waals surface area contributed by atoms with E-state index in [2.05, 4.69) is 0 Å². The number of hydrogen-bond acceptors (Lipinski definition) is 3. The van der Waals surface area contributed by atoms with Crippen molar-refractivity contribution < 1.29 is 14.3 Å². The fraction of sp³-hybridized carbons (Fsp3) is 0.944. The first-order valence-electron chi connectivity index (χ1n) is 9.28. The maximum absolute atomic E-state index is 12.3. The highest BCUT2D eigenvalue weighted by Gasteiger charge is 2.50. The molecular weight excluding hydrogens is 278 g/mol. The molecule has 4 fully saturated rings. The molecule has 4 aliphatic rings. The van der Waals surface area contributed by atoms with Gasteiger partial charge in [0.2, 0.25) is 5.91 Å². The van der Waals surface area contributed by atoms with E-state index in [0.717, 1.165) is 57.9 Å². The Kier molecular flexibility index (Phi) is 4.16. The van der Waals surface area contributed by atoms with Crippen LogP contribution < -0.4 is 0 Å². The van der Waals surface area contributed by atoms with Crippen molar-refractivity contribution in [3.63, 3.8) is 0 Å². The summed E-state index contributed by atoms with van der Waals surface area (Å²) in [6.45, 7) is 3.32. The van der Waals surface area contributed by atoms with E-state index in [0.29, 0.717) is 17.9 Å². The van der Waals surface area contributed by atoms with Crippen LogP contribution in [0, 0.1) is 11.8 Å². The molecule has 2 aliphatic carbocycles. The van der Waals surface area contributed by atoms with Crippen molar-refractivity contribution in [2.75, 3.05) is 26.3 Å². The second-order valence-corrected chi connectivity index (χ2v) is 7.95. The van der Waals surface area contributed by atoms with Gasteiger partial charge in [-0.15, -0.1) is 0 Å². The molecule has 124 valence electrons. The highest BCUT2D eigenvalue weighted by atomic mass is 16.5. The number of rotatable bonds is 4. The van der Waals surface area contributed by atoms with Crippen molar-refractivity contribution in [2.45, 2.75) is 69.5 Å². The van der Waals surface area contributed by atoms with E-state index in [1.165, 1.54) is 32.1 Å². The summed E-state index contributed by atoms with van der Waals surface area (Å²) in [4.78, 5) is 14.3. The standard InChI is InChI=1S/C18H29NO3/c20-17(15-6-3-7-15)19-12-18(13-19)10-16(8-9-22-18)21-11-14-4-1-2-5-14/h14-16H,1-13H2/t16-/m1/s1. The molecular formula is C18H29NO3. The Bertz CT molecular complexity index is 409. The zero-order valence-electron chi connectivity index (χ0n) is 13.6. The molecule has 4 rings (SSSR count). The molecule has 0 aromatic carbocycles.